The first-order chi connectivity index (χ1) is 10.1. The molecule has 0 spiro atoms. The van der Waals surface area contributed by atoms with E-state index < -0.39 is 0 Å². The second-order valence-corrected chi connectivity index (χ2v) is 6.11. The lowest BCUT2D eigenvalue weighted by atomic mass is 10.1. The number of thiophene rings is 1. The van der Waals surface area contributed by atoms with Crippen LogP contribution in [0.4, 0.5) is 0 Å². The quantitative estimate of drug-likeness (QED) is 0.692. The lowest BCUT2D eigenvalue weighted by molar-refractivity contribution is -0.117. The number of carbonyl (C=O) groups is 1. The van der Waals surface area contributed by atoms with Crippen molar-refractivity contribution in [2.45, 2.75) is 20.4 Å². The van der Waals surface area contributed by atoms with Gasteiger partial charge in [0.2, 0.25) is 0 Å². The smallest absolute Gasteiger partial charge is 0.262 e. The number of hydrogen-bond donors (Lipinski definition) is 1. The van der Waals surface area contributed by atoms with Crippen LogP contribution in [0.3, 0.4) is 0 Å². The molecule has 4 heteroatoms. The Labute approximate surface area is 128 Å². The van der Waals surface area contributed by atoms with Gasteiger partial charge in [0.15, 0.2) is 0 Å². The molecule has 0 aliphatic rings. The van der Waals surface area contributed by atoms with E-state index >= 15 is 0 Å². The zero-order valence-electron chi connectivity index (χ0n) is 12.0. The minimum absolute atomic E-state index is 0.129. The Hall–Kier alpha value is -2.38. The van der Waals surface area contributed by atoms with Gasteiger partial charge in [-0.05, 0) is 37.6 Å². The minimum atomic E-state index is -0.343. The minimum Gasteiger partial charge on any atom is -0.347 e. The van der Waals surface area contributed by atoms with E-state index in [0.717, 1.165) is 15.3 Å². The number of aryl methyl sites for hydroxylation is 2. The number of nitriles is 1. The van der Waals surface area contributed by atoms with Gasteiger partial charge in [-0.1, -0.05) is 29.8 Å². The van der Waals surface area contributed by atoms with Crippen molar-refractivity contribution in [3.63, 3.8) is 0 Å². The number of rotatable bonds is 4. The maximum Gasteiger partial charge on any atom is 0.262 e. The van der Waals surface area contributed by atoms with Crippen molar-refractivity contribution in [1.29, 1.82) is 5.26 Å². The lowest BCUT2D eigenvalue weighted by Crippen LogP contribution is -2.23. The summed E-state index contributed by atoms with van der Waals surface area (Å²) in [6, 6.07) is 13.8. The summed E-state index contributed by atoms with van der Waals surface area (Å²) in [5.41, 5.74) is 2.32. The standard InChI is InChI=1S/C17H16N2OS/c1-12-3-6-14(7-4-12)11-19-17(20)15(10-18)9-16-8-5-13(2)21-16/h3-9H,11H2,1-2H3,(H,19,20). The Morgan fingerprint density at radius 2 is 1.95 bits per heavy atom. The maximum atomic E-state index is 12.0. The van der Waals surface area contributed by atoms with Crippen molar-refractivity contribution in [2.75, 3.05) is 0 Å². The Kier molecular flexibility index (Phi) is 4.91. The van der Waals surface area contributed by atoms with E-state index in [1.807, 2.05) is 56.3 Å². The molecule has 1 amide bonds. The number of amides is 1. The van der Waals surface area contributed by atoms with Crippen molar-refractivity contribution in [3.8, 4) is 6.07 Å². The maximum absolute atomic E-state index is 12.0. The number of nitrogens with zero attached hydrogens (tertiary/aromatic N) is 1. The van der Waals surface area contributed by atoms with Crippen molar-refractivity contribution < 1.29 is 4.79 Å². The fourth-order valence-corrected chi connectivity index (χ4v) is 2.63. The Balaban J connectivity index is 2.02. The molecule has 0 unspecified atom stereocenters. The number of nitrogens with one attached hydrogen (secondary N) is 1. The number of hydrogen-bond acceptors (Lipinski definition) is 3. The van der Waals surface area contributed by atoms with Crippen LogP contribution in [0, 0.1) is 25.2 Å². The van der Waals surface area contributed by atoms with Crippen LogP contribution >= 0.6 is 11.3 Å². The van der Waals surface area contributed by atoms with Gasteiger partial charge in [-0.3, -0.25) is 4.79 Å². The highest BCUT2D eigenvalue weighted by Gasteiger charge is 2.09. The third-order valence-electron chi connectivity index (χ3n) is 2.99. The van der Waals surface area contributed by atoms with E-state index in [2.05, 4.69) is 5.32 Å². The highest BCUT2D eigenvalue weighted by atomic mass is 32.1. The number of benzene rings is 1. The molecule has 0 atom stereocenters. The molecule has 1 aromatic heterocycles. The summed E-state index contributed by atoms with van der Waals surface area (Å²) < 4.78 is 0. The predicted octanol–water partition coefficient (Wildman–Crippen LogP) is 3.59. The normalized spacial score (nSPS) is 11.0. The van der Waals surface area contributed by atoms with Gasteiger partial charge in [0.25, 0.3) is 5.91 Å². The van der Waals surface area contributed by atoms with Gasteiger partial charge >= 0.3 is 0 Å². The van der Waals surface area contributed by atoms with E-state index in [1.54, 1.807) is 17.4 Å². The van der Waals surface area contributed by atoms with Crippen LogP contribution in [0.25, 0.3) is 6.08 Å². The van der Waals surface area contributed by atoms with Crippen LogP contribution in [0.1, 0.15) is 20.9 Å². The van der Waals surface area contributed by atoms with Crippen LogP contribution < -0.4 is 5.32 Å². The molecule has 0 bridgehead atoms. The van der Waals surface area contributed by atoms with Crippen molar-refractivity contribution >= 4 is 23.3 Å². The first-order valence-electron chi connectivity index (χ1n) is 6.60. The van der Waals surface area contributed by atoms with Crippen LogP contribution in [-0.4, -0.2) is 5.91 Å². The third-order valence-corrected chi connectivity index (χ3v) is 3.93. The van der Waals surface area contributed by atoms with Crippen LogP contribution in [0.2, 0.25) is 0 Å². The summed E-state index contributed by atoms with van der Waals surface area (Å²) in [5.74, 6) is -0.343. The highest BCUT2D eigenvalue weighted by molar-refractivity contribution is 7.12. The van der Waals surface area contributed by atoms with Gasteiger partial charge in [-0.2, -0.15) is 5.26 Å². The fraction of sp³-hybridized carbons (Fsp3) is 0.176. The molecule has 0 saturated carbocycles. The van der Waals surface area contributed by atoms with Crippen molar-refractivity contribution in [2.24, 2.45) is 0 Å². The second kappa shape index (κ2) is 6.87. The van der Waals surface area contributed by atoms with E-state index in [4.69, 9.17) is 5.26 Å². The molecule has 0 fully saturated rings. The van der Waals surface area contributed by atoms with E-state index in [9.17, 15) is 4.79 Å². The molecule has 1 aromatic carbocycles. The summed E-state index contributed by atoms with van der Waals surface area (Å²) in [5, 5.41) is 11.9. The average molecular weight is 296 g/mol. The van der Waals surface area contributed by atoms with Crippen LogP contribution in [0.5, 0.6) is 0 Å². The SMILES string of the molecule is Cc1ccc(CNC(=O)C(C#N)=Cc2ccc(C)s2)cc1. The largest absolute Gasteiger partial charge is 0.347 e. The molecule has 0 saturated heterocycles. The van der Waals surface area contributed by atoms with E-state index in [1.165, 1.54) is 5.56 Å². The summed E-state index contributed by atoms with van der Waals surface area (Å²) >= 11 is 1.56. The zero-order valence-corrected chi connectivity index (χ0v) is 12.8. The molecule has 2 aromatic rings. The van der Waals surface area contributed by atoms with Gasteiger partial charge in [0.05, 0.1) is 0 Å². The lowest BCUT2D eigenvalue weighted by Gasteiger charge is -2.04. The molecule has 21 heavy (non-hydrogen) atoms. The molecule has 2 rings (SSSR count). The topological polar surface area (TPSA) is 52.9 Å². The first-order valence-corrected chi connectivity index (χ1v) is 7.42. The summed E-state index contributed by atoms with van der Waals surface area (Å²) in [6.45, 7) is 4.43. The van der Waals surface area contributed by atoms with Gasteiger partial charge in [0, 0.05) is 16.3 Å². The number of carbonyl (C=O) groups excluding carboxylic acids is 1. The Morgan fingerprint density at radius 3 is 2.52 bits per heavy atom. The van der Waals surface area contributed by atoms with Gasteiger partial charge in [-0.15, -0.1) is 11.3 Å². The Bertz CT molecular complexity index is 705. The molecule has 1 heterocycles. The summed E-state index contributed by atoms with van der Waals surface area (Å²) in [6.07, 6.45) is 1.63. The third kappa shape index (κ3) is 4.30. The molecule has 1 N–H and O–H groups in total. The monoisotopic (exact) mass is 296 g/mol. The zero-order chi connectivity index (χ0) is 15.2. The van der Waals surface area contributed by atoms with Gasteiger partial charge < -0.3 is 5.32 Å². The van der Waals surface area contributed by atoms with E-state index in [-0.39, 0.29) is 11.5 Å². The van der Waals surface area contributed by atoms with Crippen molar-refractivity contribution in [3.05, 3.63) is 62.9 Å². The first kappa shape index (κ1) is 15.0. The second-order valence-electron chi connectivity index (χ2n) is 4.79. The van der Waals surface area contributed by atoms with Crippen LogP contribution in [0.15, 0.2) is 42.0 Å². The average Bonchev–Trinajstić information content (AvgIpc) is 2.89. The molecule has 0 aliphatic carbocycles. The van der Waals surface area contributed by atoms with Crippen molar-refractivity contribution in [1.82, 2.24) is 5.32 Å². The molecule has 0 aliphatic heterocycles. The summed E-state index contributed by atoms with van der Waals surface area (Å²) in [7, 11) is 0. The summed E-state index contributed by atoms with van der Waals surface area (Å²) in [4.78, 5) is 14.1. The van der Waals surface area contributed by atoms with Gasteiger partial charge in [0.1, 0.15) is 11.6 Å². The van der Waals surface area contributed by atoms with Gasteiger partial charge in [-0.25, -0.2) is 0 Å². The van der Waals surface area contributed by atoms with E-state index in [0.29, 0.717) is 6.54 Å². The Morgan fingerprint density at radius 1 is 1.24 bits per heavy atom. The highest BCUT2D eigenvalue weighted by Crippen LogP contribution is 2.18. The molecular weight excluding hydrogens is 280 g/mol. The molecule has 3 nitrogen and oxygen atoms in total. The van der Waals surface area contributed by atoms with Crippen LogP contribution in [-0.2, 0) is 11.3 Å². The molecule has 106 valence electrons. The molecular formula is C17H16N2OS. The molecule has 0 radical (unpaired) electrons. The fourth-order valence-electron chi connectivity index (χ4n) is 1.81. The predicted molar refractivity (Wildman–Crippen MR) is 85.7 cm³/mol.